The van der Waals surface area contributed by atoms with Gasteiger partial charge in [-0.1, -0.05) is 0 Å². The van der Waals surface area contributed by atoms with Crippen molar-refractivity contribution in [3.63, 3.8) is 0 Å². The highest BCUT2D eigenvalue weighted by Crippen LogP contribution is 2.41. The van der Waals surface area contributed by atoms with Gasteiger partial charge in [0.15, 0.2) is 0 Å². The predicted molar refractivity (Wildman–Crippen MR) is 78.2 cm³/mol. The fourth-order valence-electron chi connectivity index (χ4n) is 3.46. The molecule has 104 valence electrons. The van der Waals surface area contributed by atoms with Gasteiger partial charge in [-0.25, -0.2) is 4.98 Å². The van der Waals surface area contributed by atoms with Crippen LogP contribution in [0.5, 0.6) is 5.88 Å². The molecule has 0 bridgehead atoms. The Hall–Kier alpha value is -1.88. The van der Waals surface area contributed by atoms with Gasteiger partial charge in [-0.3, -0.25) is 4.98 Å². The second-order valence-corrected chi connectivity index (χ2v) is 5.83. The summed E-state index contributed by atoms with van der Waals surface area (Å²) in [5.74, 6) is 0.599. The molecular weight excluding hydrogens is 252 g/mol. The number of ether oxygens (including phenoxy) is 1. The smallest absolute Gasteiger partial charge is 0.240 e. The molecule has 4 heterocycles. The molecular formula is C15H18N4O. The molecule has 0 saturated carbocycles. The topological polar surface area (TPSA) is 50.3 Å². The summed E-state index contributed by atoms with van der Waals surface area (Å²) in [5.41, 5.74) is 2.58. The fourth-order valence-corrected chi connectivity index (χ4v) is 3.46. The molecule has 2 aromatic rings. The predicted octanol–water partition coefficient (Wildman–Crippen LogP) is 1.44. The molecule has 0 aliphatic carbocycles. The molecule has 0 unspecified atom stereocenters. The van der Waals surface area contributed by atoms with Crippen LogP contribution >= 0.6 is 0 Å². The number of hydrogen-bond donors (Lipinski definition) is 1. The van der Waals surface area contributed by atoms with E-state index < -0.39 is 0 Å². The third-order valence-electron chi connectivity index (χ3n) is 4.52. The molecule has 2 saturated heterocycles. The van der Waals surface area contributed by atoms with Crippen molar-refractivity contribution in [2.24, 2.45) is 5.41 Å². The molecule has 0 radical (unpaired) electrons. The van der Waals surface area contributed by atoms with E-state index in [-0.39, 0.29) is 0 Å². The number of anilines is 1. The summed E-state index contributed by atoms with van der Waals surface area (Å²) < 4.78 is 5.31. The van der Waals surface area contributed by atoms with E-state index in [1.54, 1.807) is 13.3 Å². The number of pyridine rings is 2. The van der Waals surface area contributed by atoms with Gasteiger partial charge >= 0.3 is 0 Å². The van der Waals surface area contributed by atoms with Crippen LogP contribution in [0.15, 0.2) is 24.5 Å². The van der Waals surface area contributed by atoms with Gasteiger partial charge in [0.25, 0.3) is 0 Å². The zero-order valence-electron chi connectivity index (χ0n) is 11.6. The first kappa shape index (κ1) is 11.9. The molecule has 20 heavy (non-hydrogen) atoms. The normalized spacial score (nSPS) is 20.4. The molecule has 4 rings (SSSR count). The second kappa shape index (κ2) is 4.31. The van der Waals surface area contributed by atoms with E-state index in [0.29, 0.717) is 11.3 Å². The second-order valence-electron chi connectivity index (χ2n) is 5.83. The first-order chi connectivity index (χ1) is 9.81. The first-order valence-corrected chi connectivity index (χ1v) is 7.05. The highest BCUT2D eigenvalue weighted by Gasteiger charge is 2.45. The number of fused-ring (bicyclic) bond motifs is 1. The van der Waals surface area contributed by atoms with Crippen LogP contribution in [0, 0.1) is 5.41 Å². The van der Waals surface area contributed by atoms with Gasteiger partial charge < -0.3 is 15.0 Å². The van der Waals surface area contributed by atoms with Gasteiger partial charge in [0.05, 0.1) is 7.11 Å². The van der Waals surface area contributed by atoms with Crippen LogP contribution in [0.3, 0.4) is 0 Å². The van der Waals surface area contributed by atoms with Crippen molar-refractivity contribution in [3.05, 3.63) is 24.5 Å². The molecule has 1 spiro atoms. The van der Waals surface area contributed by atoms with Crippen molar-refractivity contribution in [2.75, 3.05) is 38.2 Å². The zero-order valence-corrected chi connectivity index (χ0v) is 11.6. The van der Waals surface area contributed by atoms with Crippen LogP contribution in [0.2, 0.25) is 0 Å². The quantitative estimate of drug-likeness (QED) is 0.895. The molecule has 0 aromatic carbocycles. The molecule has 1 N–H and O–H groups in total. The Morgan fingerprint density at radius 1 is 1.25 bits per heavy atom. The Labute approximate surface area is 118 Å². The van der Waals surface area contributed by atoms with E-state index in [2.05, 4.69) is 26.3 Å². The monoisotopic (exact) mass is 270 g/mol. The molecule has 2 aliphatic heterocycles. The van der Waals surface area contributed by atoms with Crippen LogP contribution in [0.4, 0.5) is 5.69 Å². The largest absolute Gasteiger partial charge is 0.479 e. The maximum Gasteiger partial charge on any atom is 0.240 e. The van der Waals surface area contributed by atoms with Crippen molar-refractivity contribution in [3.8, 4) is 5.88 Å². The van der Waals surface area contributed by atoms with Gasteiger partial charge in [0, 0.05) is 48.5 Å². The van der Waals surface area contributed by atoms with Gasteiger partial charge in [-0.2, -0.15) is 0 Å². The molecule has 2 aliphatic rings. The van der Waals surface area contributed by atoms with Crippen molar-refractivity contribution in [1.29, 1.82) is 0 Å². The molecule has 5 heteroatoms. The summed E-state index contributed by atoms with van der Waals surface area (Å²) in [6, 6.07) is 4.12. The Balaban J connectivity index is 1.71. The summed E-state index contributed by atoms with van der Waals surface area (Å²) in [6.07, 6.45) is 4.93. The van der Waals surface area contributed by atoms with E-state index in [1.807, 2.05) is 12.3 Å². The average Bonchev–Trinajstić information content (AvgIpc) is 2.94. The highest BCUT2D eigenvalue weighted by molar-refractivity contribution is 5.94. The maximum atomic E-state index is 5.31. The lowest BCUT2D eigenvalue weighted by Gasteiger charge is -2.49. The van der Waals surface area contributed by atoms with E-state index in [4.69, 9.17) is 4.74 Å². The van der Waals surface area contributed by atoms with Crippen molar-refractivity contribution < 1.29 is 4.74 Å². The molecule has 0 amide bonds. The van der Waals surface area contributed by atoms with Crippen LogP contribution < -0.4 is 15.0 Å². The lowest BCUT2D eigenvalue weighted by Crippen LogP contribution is -2.57. The lowest BCUT2D eigenvalue weighted by molar-refractivity contribution is 0.244. The van der Waals surface area contributed by atoms with E-state index in [9.17, 15) is 0 Å². The van der Waals surface area contributed by atoms with Crippen molar-refractivity contribution in [2.45, 2.75) is 6.42 Å². The number of hydrogen-bond acceptors (Lipinski definition) is 5. The Bertz CT molecular complexity index is 643. The fraction of sp³-hybridized carbons (Fsp3) is 0.467. The standard InChI is InChI=1S/C15H18N4O/c1-20-14-13-11(2-5-18-14)12(3-6-17-13)19-9-15(10-19)4-7-16-8-15/h2-3,5-6,16H,4,7-10H2,1H3. The van der Waals surface area contributed by atoms with Gasteiger partial charge in [0.2, 0.25) is 5.88 Å². The van der Waals surface area contributed by atoms with Crippen LogP contribution in [-0.4, -0.2) is 43.3 Å². The average molecular weight is 270 g/mol. The molecule has 2 fully saturated rings. The number of aromatic nitrogens is 2. The SMILES string of the molecule is COc1nccc2c(N3CC4(CCNC4)C3)ccnc12. The highest BCUT2D eigenvalue weighted by atomic mass is 16.5. The number of nitrogens with zero attached hydrogens (tertiary/aromatic N) is 3. The van der Waals surface area contributed by atoms with Crippen molar-refractivity contribution in [1.82, 2.24) is 15.3 Å². The summed E-state index contributed by atoms with van der Waals surface area (Å²) in [4.78, 5) is 11.1. The Kier molecular flexibility index (Phi) is 2.57. The number of methoxy groups -OCH3 is 1. The molecule has 2 aromatic heterocycles. The number of nitrogens with one attached hydrogen (secondary N) is 1. The van der Waals surface area contributed by atoms with Gasteiger partial charge in [-0.05, 0) is 25.1 Å². The van der Waals surface area contributed by atoms with Crippen LogP contribution in [-0.2, 0) is 0 Å². The van der Waals surface area contributed by atoms with Gasteiger partial charge in [0.1, 0.15) is 5.52 Å². The van der Waals surface area contributed by atoms with E-state index in [0.717, 1.165) is 37.1 Å². The van der Waals surface area contributed by atoms with E-state index in [1.165, 1.54) is 12.1 Å². The Morgan fingerprint density at radius 3 is 2.85 bits per heavy atom. The summed E-state index contributed by atoms with van der Waals surface area (Å²) in [5, 5.41) is 4.60. The number of rotatable bonds is 2. The minimum absolute atomic E-state index is 0.493. The van der Waals surface area contributed by atoms with Crippen LogP contribution in [0.1, 0.15) is 6.42 Å². The lowest BCUT2D eigenvalue weighted by atomic mass is 9.78. The minimum atomic E-state index is 0.493. The third kappa shape index (κ3) is 1.66. The zero-order chi connectivity index (χ0) is 13.6. The first-order valence-electron chi connectivity index (χ1n) is 7.05. The van der Waals surface area contributed by atoms with Gasteiger partial charge in [-0.15, -0.1) is 0 Å². The molecule has 0 atom stereocenters. The summed E-state index contributed by atoms with van der Waals surface area (Å²) in [6.45, 7) is 4.56. The summed E-state index contributed by atoms with van der Waals surface area (Å²) in [7, 11) is 1.64. The van der Waals surface area contributed by atoms with Crippen LogP contribution in [0.25, 0.3) is 10.9 Å². The Morgan fingerprint density at radius 2 is 2.10 bits per heavy atom. The minimum Gasteiger partial charge on any atom is -0.479 e. The van der Waals surface area contributed by atoms with E-state index >= 15 is 0 Å². The van der Waals surface area contributed by atoms with Crippen molar-refractivity contribution >= 4 is 16.6 Å². The molecule has 5 nitrogen and oxygen atoms in total. The third-order valence-corrected chi connectivity index (χ3v) is 4.52. The maximum absolute atomic E-state index is 5.31. The summed E-state index contributed by atoms with van der Waals surface area (Å²) >= 11 is 0.